The molecule has 1 aromatic heterocycles. The van der Waals surface area contributed by atoms with Crippen molar-refractivity contribution in [2.45, 2.75) is 13.8 Å². The van der Waals surface area contributed by atoms with E-state index in [1.165, 1.54) is 6.92 Å². The molecule has 1 heterocycles. The molecule has 0 unspecified atom stereocenters. The highest BCUT2D eigenvalue weighted by Crippen LogP contribution is 1.91. The van der Waals surface area contributed by atoms with Gasteiger partial charge in [0.2, 0.25) is 0 Å². The van der Waals surface area contributed by atoms with Gasteiger partial charge in [-0.3, -0.25) is 9.59 Å². The molecule has 0 atom stereocenters. The first-order valence-corrected chi connectivity index (χ1v) is 7.22. The van der Waals surface area contributed by atoms with Gasteiger partial charge in [0.15, 0.2) is 9.84 Å². The topological polar surface area (TPSA) is 109 Å². The van der Waals surface area contributed by atoms with Gasteiger partial charge < -0.3 is 10.3 Å². The van der Waals surface area contributed by atoms with E-state index in [0.717, 1.165) is 6.20 Å². The summed E-state index contributed by atoms with van der Waals surface area (Å²) >= 11 is 0. The summed E-state index contributed by atoms with van der Waals surface area (Å²) in [6.07, 6.45) is 1.16. The maximum absolute atomic E-state index is 11.6. The van der Waals surface area contributed by atoms with Gasteiger partial charge in [0.1, 0.15) is 11.4 Å². The zero-order valence-electron chi connectivity index (χ0n) is 10.2. The van der Waals surface area contributed by atoms with Crippen LogP contribution in [0.25, 0.3) is 0 Å². The third kappa shape index (κ3) is 3.95. The summed E-state index contributed by atoms with van der Waals surface area (Å²) in [5, 5.41) is 2.37. The van der Waals surface area contributed by atoms with E-state index in [-0.39, 0.29) is 23.6 Å². The van der Waals surface area contributed by atoms with Crippen LogP contribution in [-0.2, 0) is 9.84 Å². The SMILES string of the molecule is CCS(=O)(=O)CCNC(=O)c1cnc(C)[nH]c1=O. The monoisotopic (exact) mass is 273 g/mol. The Bertz CT molecular complexity index is 591. The molecule has 8 heteroatoms. The lowest BCUT2D eigenvalue weighted by Gasteiger charge is -2.04. The predicted molar refractivity (Wildman–Crippen MR) is 66.3 cm³/mol. The van der Waals surface area contributed by atoms with Gasteiger partial charge in [-0.2, -0.15) is 0 Å². The lowest BCUT2D eigenvalue weighted by atomic mass is 10.3. The fourth-order valence-electron chi connectivity index (χ4n) is 1.21. The van der Waals surface area contributed by atoms with E-state index in [9.17, 15) is 18.0 Å². The molecular weight excluding hydrogens is 258 g/mol. The van der Waals surface area contributed by atoms with Gasteiger partial charge in [-0.15, -0.1) is 0 Å². The molecule has 0 saturated heterocycles. The number of carbonyl (C=O) groups excluding carboxylic acids is 1. The van der Waals surface area contributed by atoms with Crippen molar-refractivity contribution in [2.75, 3.05) is 18.1 Å². The molecule has 0 aromatic carbocycles. The molecule has 0 aliphatic rings. The van der Waals surface area contributed by atoms with Crippen molar-refractivity contribution < 1.29 is 13.2 Å². The predicted octanol–water partition coefficient (Wildman–Crippen LogP) is -0.757. The number of aryl methyl sites for hydroxylation is 1. The molecule has 0 radical (unpaired) electrons. The first kappa shape index (κ1) is 14.4. The van der Waals surface area contributed by atoms with Gasteiger partial charge in [-0.05, 0) is 6.92 Å². The van der Waals surface area contributed by atoms with Gasteiger partial charge in [0.25, 0.3) is 11.5 Å². The third-order valence-electron chi connectivity index (χ3n) is 2.31. The van der Waals surface area contributed by atoms with E-state index in [2.05, 4.69) is 15.3 Å². The van der Waals surface area contributed by atoms with Crippen molar-refractivity contribution in [1.29, 1.82) is 0 Å². The minimum absolute atomic E-state index is 0.0234. The highest BCUT2D eigenvalue weighted by molar-refractivity contribution is 7.91. The Morgan fingerprint density at radius 1 is 1.50 bits per heavy atom. The fourth-order valence-corrected chi connectivity index (χ4v) is 1.91. The zero-order chi connectivity index (χ0) is 13.8. The molecule has 1 aromatic rings. The smallest absolute Gasteiger partial charge is 0.263 e. The molecule has 100 valence electrons. The number of nitrogens with one attached hydrogen (secondary N) is 2. The molecule has 0 saturated carbocycles. The van der Waals surface area contributed by atoms with Crippen molar-refractivity contribution in [1.82, 2.24) is 15.3 Å². The highest BCUT2D eigenvalue weighted by Gasteiger charge is 2.12. The van der Waals surface area contributed by atoms with Crippen LogP contribution in [0.3, 0.4) is 0 Å². The fraction of sp³-hybridized carbons (Fsp3) is 0.500. The van der Waals surface area contributed by atoms with Gasteiger partial charge in [0, 0.05) is 18.5 Å². The quantitative estimate of drug-likeness (QED) is 0.733. The first-order chi connectivity index (χ1) is 8.35. The van der Waals surface area contributed by atoms with E-state index in [1.807, 2.05) is 0 Å². The second-order valence-corrected chi connectivity index (χ2v) is 6.18. The Morgan fingerprint density at radius 3 is 2.72 bits per heavy atom. The Balaban J connectivity index is 2.64. The molecular formula is C10H15N3O4S. The van der Waals surface area contributed by atoms with Crippen LogP contribution < -0.4 is 10.9 Å². The molecule has 0 aliphatic heterocycles. The Labute approximate surface area is 105 Å². The zero-order valence-corrected chi connectivity index (χ0v) is 11.0. The number of carbonyl (C=O) groups is 1. The van der Waals surface area contributed by atoms with Crippen LogP contribution >= 0.6 is 0 Å². The third-order valence-corrected chi connectivity index (χ3v) is 4.02. The van der Waals surface area contributed by atoms with Crippen LogP contribution in [0.2, 0.25) is 0 Å². The summed E-state index contributed by atoms with van der Waals surface area (Å²) in [7, 11) is -3.13. The van der Waals surface area contributed by atoms with Crippen molar-refractivity contribution >= 4 is 15.7 Å². The molecule has 0 aliphatic carbocycles. The molecule has 18 heavy (non-hydrogen) atoms. The molecule has 1 rings (SSSR count). The highest BCUT2D eigenvalue weighted by atomic mass is 32.2. The molecule has 1 amide bonds. The molecule has 0 fully saturated rings. The van der Waals surface area contributed by atoms with Crippen LogP contribution in [0.15, 0.2) is 11.0 Å². The minimum atomic E-state index is -3.13. The Morgan fingerprint density at radius 2 is 2.17 bits per heavy atom. The van der Waals surface area contributed by atoms with E-state index in [0.29, 0.717) is 5.82 Å². The Hall–Kier alpha value is -1.70. The van der Waals surface area contributed by atoms with Gasteiger partial charge in [0.05, 0.1) is 5.75 Å². The normalized spacial score (nSPS) is 11.2. The first-order valence-electron chi connectivity index (χ1n) is 5.40. The summed E-state index contributed by atoms with van der Waals surface area (Å²) in [6.45, 7) is 3.10. The number of amides is 1. The average molecular weight is 273 g/mol. The number of hydrogen-bond acceptors (Lipinski definition) is 5. The number of rotatable bonds is 5. The number of aromatic nitrogens is 2. The number of sulfone groups is 1. The van der Waals surface area contributed by atoms with Crippen molar-refractivity contribution in [3.05, 3.63) is 27.9 Å². The van der Waals surface area contributed by atoms with E-state index >= 15 is 0 Å². The van der Waals surface area contributed by atoms with Crippen LogP contribution in [0.1, 0.15) is 23.1 Å². The van der Waals surface area contributed by atoms with Gasteiger partial charge >= 0.3 is 0 Å². The average Bonchev–Trinajstić information content (AvgIpc) is 2.28. The summed E-state index contributed by atoms with van der Waals surface area (Å²) in [5.41, 5.74) is -0.673. The Kier molecular flexibility index (Phi) is 4.60. The second kappa shape index (κ2) is 5.76. The summed E-state index contributed by atoms with van der Waals surface area (Å²) in [6, 6.07) is 0. The largest absolute Gasteiger partial charge is 0.351 e. The minimum Gasteiger partial charge on any atom is -0.351 e. The second-order valence-electron chi connectivity index (χ2n) is 3.70. The maximum Gasteiger partial charge on any atom is 0.263 e. The lowest BCUT2D eigenvalue weighted by molar-refractivity contribution is 0.0954. The number of H-pyrrole nitrogens is 1. The molecule has 7 nitrogen and oxygen atoms in total. The van der Waals surface area contributed by atoms with E-state index in [1.54, 1.807) is 6.92 Å². The number of aromatic amines is 1. The summed E-state index contributed by atoms with van der Waals surface area (Å²) in [4.78, 5) is 29.2. The molecule has 2 N–H and O–H groups in total. The van der Waals surface area contributed by atoms with E-state index in [4.69, 9.17) is 0 Å². The molecule has 0 spiro atoms. The summed E-state index contributed by atoms with van der Waals surface area (Å²) in [5.74, 6) is -0.345. The number of nitrogens with zero attached hydrogens (tertiary/aromatic N) is 1. The lowest BCUT2D eigenvalue weighted by Crippen LogP contribution is -2.33. The van der Waals surface area contributed by atoms with Crippen molar-refractivity contribution in [3.63, 3.8) is 0 Å². The van der Waals surface area contributed by atoms with Crippen molar-refractivity contribution in [3.8, 4) is 0 Å². The van der Waals surface area contributed by atoms with Crippen LogP contribution in [0.5, 0.6) is 0 Å². The number of hydrogen-bond donors (Lipinski definition) is 2. The van der Waals surface area contributed by atoms with Crippen molar-refractivity contribution in [2.24, 2.45) is 0 Å². The summed E-state index contributed by atoms with van der Waals surface area (Å²) < 4.78 is 22.4. The maximum atomic E-state index is 11.6. The standard InChI is InChI=1S/C10H15N3O4S/c1-3-18(16,17)5-4-11-9(14)8-6-12-7(2)13-10(8)15/h6H,3-5H2,1-2H3,(H,11,14)(H,12,13,15). The van der Waals surface area contributed by atoms with Gasteiger partial charge in [-0.1, -0.05) is 6.92 Å². The van der Waals surface area contributed by atoms with Crippen LogP contribution in [0, 0.1) is 6.92 Å². The van der Waals surface area contributed by atoms with Crippen LogP contribution in [0.4, 0.5) is 0 Å². The van der Waals surface area contributed by atoms with Crippen LogP contribution in [-0.4, -0.2) is 42.3 Å². The molecule has 0 bridgehead atoms. The van der Waals surface area contributed by atoms with E-state index < -0.39 is 21.3 Å². The van der Waals surface area contributed by atoms with Gasteiger partial charge in [-0.25, -0.2) is 13.4 Å².